The zero-order valence-electron chi connectivity index (χ0n) is 16.0. The summed E-state index contributed by atoms with van der Waals surface area (Å²) in [5, 5.41) is 0. The lowest BCUT2D eigenvalue weighted by molar-refractivity contribution is -0.144. The molecule has 1 aliphatic heterocycles. The number of amides is 5. The minimum Gasteiger partial charge on any atom is -0.383 e. The molecule has 0 saturated carbocycles. The van der Waals surface area contributed by atoms with Gasteiger partial charge in [0.1, 0.15) is 6.54 Å². The summed E-state index contributed by atoms with van der Waals surface area (Å²) in [4.78, 5) is 52.8. The summed E-state index contributed by atoms with van der Waals surface area (Å²) in [5.74, 6) is -2.43. The van der Waals surface area contributed by atoms with Crippen LogP contribution in [0.25, 0.3) is 0 Å². The van der Waals surface area contributed by atoms with Gasteiger partial charge in [-0.15, -0.1) is 0 Å². The van der Waals surface area contributed by atoms with Crippen LogP contribution in [-0.2, 0) is 25.7 Å². The van der Waals surface area contributed by atoms with Crippen molar-refractivity contribution in [1.82, 2.24) is 9.80 Å². The van der Waals surface area contributed by atoms with Gasteiger partial charge in [0.15, 0.2) is 0 Å². The molecule has 0 atom stereocenters. The van der Waals surface area contributed by atoms with Crippen molar-refractivity contribution in [2.75, 3.05) is 31.7 Å². The third-order valence-electron chi connectivity index (χ3n) is 4.50. The first-order chi connectivity index (χ1) is 14.0. The van der Waals surface area contributed by atoms with E-state index in [0.717, 1.165) is 10.5 Å². The number of benzene rings is 2. The number of anilines is 1. The van der Waals surface area contributed by atoms with E-state index in [2.05, 4.69) is 0 Å². The standard InChI is InChI=1S/C21H21N3O5/c1-29-13-12-22-19(26)20(27)24(21(22)28)15-18(25)23(17-10-6-3-7-11-17)14-16-8-4-2-5-9-16/h2-11H,12-15H2,1H3. The van der Waals surface area contributed by atoms with Gasteiger partial charge >= 0.3 is 17.8 Å². The molecule has 2 aromatic carbocycles. The van der Waals surface area contributed by atoms with Gasteiger partial charge in [-0.25, -0.2) is 9.69 Å². The highest BCUT2D eigenvalue weighted by atomic mass is 16.5. The van der Waals surface area contributed by atoms with E-state index in [9.17, 15) is 19.2 Å². The van der Waals surface area contributed by atoms with Crippen LogP contribution in [0, 0.1) is 0 Å². The number of ether oxygens (including phenoxy) is 1. The van der Waals surface area contributed by atoms with Crippen molar-refractivity contribution in [2.24, 2.45) is 0 Å². The van der Waals surface area contributed by atoms with E-state index in [0.29, 0.717) is 10.6 Å². The molecule has 150 valence electrons. The van der Waals surface area contributed by atoms with Crippen LogP contribution in [0.5, 0.6) is 0 Å². The van der Waals surface area contributed by atoms with Crippen LogP contribution in [0.2, 0.25) is 0 Å². The van der Waals surface area contributed by atoms with Gasteiger partial charge in [0.05, 0.1) is 19.7 Å². The molecular formula is C21H21N3O5. The average molecular weight is 395 g/mol. The molecule has 3 rings (SSSR count). The van der Waals surface area contributed by atoms with Gasteiger partial charge in [0.2, 0.25) is 5.91 Å². The molecule has 1 fully saturated rings. The van der Waals surface area contributed by atoms with Gasteiger partial charge < -0.3 is 9.64 Å². The molecule has 0 aromatic heterocycles. The van der Waals surface area contributed by atoms with Crippen molar-refractivity contribution >= 4 is 29.4 Å². The zero-order valence-corrected chi connectivity index (χ0v) is 16.0. The van der Waals surface area contributed by atoms with Crippen molar-refractivity contribution in [3.8, 4) is 0 Å². The number of para-hydroxylation sites is 1. The summed E-state index contributed by atoms with van der Waals surface area (Å²) in [6, 6.07) is 17.5. The molecule has 2 aromatic rings. The van der Waals surface area contributed by atoms with E-state index >= 15 is 0 Å². The molecule has 0 N–H and O–H groups in total. The summed E-state index contributed by atoms with van der Waals surface area (Å²) in [5.41, 5.74) is 1.52. The SMILES string of the molecule is COCCN1C(=O)C(=O)N(CC(=O)N(Cc2ccccc2)c2ccccc2)C1=O. The van der Waals surface area contributed by atoms with Crippen molar-refractivity contribution in [3.63, 3.8) is 0 Å². The second kappa shape index (κ2) is 9.11. The first kappa shape index (κ1) is 20.2. The average Bonchev–Trinajstić information content (AvgIpc) is 2.95. The molecule has 1 saturated heterocycles. The minimum absolute atomic E-state index is 0.0446. The Kier molecular flexibility index (Phi) is 6.36. The second-order valence-corrected chi connectivity index (χ2v) is 6.42. The predicted octanol–water partition coefficient (Wildman–Crippen LogP) is 1.66. The Bertz CT molecular complexity index is 901. The van der Waals surface area contributed by atoms with Gasteiger partial charge in [-0.2, -0.15) is 0 Å². The van der Waals surface area contributed by atoms with Crippen molar-refractivity contribution in [2.45, 2.75) is 6.54 Å². The van der Waals surface area contributed by atoms with Crippen LogP contribution in [-0.4, -0.2) is 60.4 Å². The van der Waals surface area contributed by atoms with E-state index in [-0.39, 0.29) is 19.7 Å². The molecular weight excluding hydrogens is 374 g/mol. The Morgan fingerprint density at radius 1 is 0.897 bits per heavy atom. The summed E-state index contributed by atoms with van der Waals surface area (Å²) in [7, 11) is 1.43. The van der Waals surface area contributed by atoms with Crippen LogP contribution in [0.15, 0.2) is 60.7 Å². The largest absolute Gasteiger partial charge is 0.383 e. The van der Waals surface area contributed by atoms with Crippen LogP contribution in [0.1, 0.15) is 5.56 Å². The molecule has 0 radical (unpaired) electrons. The number of hydrogen-bond donors (Lipinski definition) is 0. The Morgan fingerprint density at radius 3 is 2.10 bits per heavy atom. The van der Waals surface area contributed by atoms with E-state index in [1.807, 2.05) is 36.4 Å². The fraction of sp³-hybridized carbons (Fsp3) is 0.238. The molecule has 5 amide bonds. The number of nitrogens with zero attached hydrogens (tertiary/aromatic N) is 3. The minimum atomic E-state index is -1.01. The molecule has 0 spiro atoms. The molecule has 8 nitrogen and oxygen atoms in total. The highest BCUT2D eigenvalue weighted by Gasteiger charge is 2.45. The lowest BCUT2D eigenvalue weighted by atomic mass is 10.2. The van der Waals surface area contributed by atoms with Crippen molar-refractivity contribution in [1.29, 1.82) is 0 Å². The number of hydrogen-bond acceptors (Lipinski definition) is 5. The van der Waals surface area contributed by atoms with Crippen LogP contribution in [0.4, 0.5) is 10.5 Å². The highest BCUT2D eigenvalue weighted by molar-refractivity contribution is 6.45. The maximum atomic E-state index is 13.0. The van der Waals surface area contributed by atoms with Gasteiger partial charge in [0.25, 0.3) is 0 Å². The Labute approximate surface area is 168 Å². The maximum absolute atomic E-state index is 13.0. The van der Waals surface area contributed by atoms with Gasteiger partial charge in [-0.3, -0.25) is 19.3 Å². The summed E-state index contributed by atoms with van der Waals surface area (Å²) < 4.78 is 4.86. The molecule has 29 heavy (non-hydrogen) atoms. The number of carbonyl (C=O) groups excluding carboxylic acids is 4. The fourth-order valence-corrected chi connectivity index (χ4v) is 2.99. The molecule has 0 unspecified atom stereocenters. The Balaban J connectivity index is 1.80. The lowest BCUT2D eigenvalue weighted by Gasteiger charge is -2.25. The second-order valence-electron chi connectivity index (χ2n) is 6.42. The van der Waals surface area contributed by atoms with Crippen LogP contribution in [0.3, 0.4) is 0 Å². The molecule has 0 aliphatic carbocycles. The van der Waals surface area contributed by atoms with Crippen LogP contribution < -0.4 is 4.90 Å². The Hall–Kier alpha value is -3.52. The maximum Gasteiger partial charge on any atom is 0.334 e. The number of imide groups is 2. The normalized spacial score (nSPS) is 13.9. The van der Waals surface area contributed by atoms with Crippen molar-refractivity contribution < 1.29 is 23.9 Å². The predicted molar refractivity (Wildman–Crippen MR) is 105 cm³/mol. The number of urea groups is 1. The first-order valence-corrected chi connectivity index (χ1v) is 9.08. The lowest BCUT2D eigenvalue weighted by Crippen LogP contribution is -2.43. The quantitative estimate of drug-likeness (QED) is 0.501. The van der Waals surface area contributed by atoms with Crippen LogP contribution >= 0.6 is 0 Å². The zero-order chi connectivity index (χ0) is 20.8. The molecule has 0 bridgehead atoms. The van der Waals surface area contributed by atoms with Crippen molar-refractivity contribution in [3.05, 3.63) is 66.2 Å². The smallest absolute Gasteiger partial charge is 0.334 e. The summed E-state index contributed by atoms with van der Waals surface area (Å²) in [6.07, 6.45) is 0. The highest BCUT2D eigenvalue weighted by Crippen LogP contribution is 2.19. The van der Waals surface area contributed by atoms with E-state index in [1.54, 1.807) is 24.3 Å². The summed E-state index contributed by atoms with van der Waals surface area (Å²) >= 11 is 0. The molecule has 8 heteroatoms. The third kappa shape index (κ3) is 4.49. The van der Waals surface area contributed by atoms with E-state index in [4.69, 9.17) is 4.74 Å². The number of rotatable bonds is 8. The fourth-order valence-electron chi connectivity index (χ4n) is 2.99. The molecule has 1 aliphatic rings. The third-order valence-corrected chi connectivity index (χ3v) is 4.50. The topological polar surface area (TPSA) is 87.2 Å². The number of methoxy groups -OCH3 is 1. The van der Waals surface area contributed by atoms with Gasteiger partial charge in [0, 0.05) is 12.8 Å². The molecule has 1 heterocycles. The van der Waals surface area contributed by atoms with E-state index in [1.165, 1.54) is 12.0 Å². The van der Waals surface area contributed by atoms with E-state index < -0.39 is 30.3 Å². The van der Waals surface area contributed by atoms with Gasteiger partial charge in [-0.1, -0.05) is 48.5 Å². The summed E-state index contributed by atoms with van der Waals surface area (Å²) in [6.45, 7) is -0.191. The first-order valence-electron chi connectivity index (χ1n) is 9.08. The number of carbonyl (C=O) groups is 4. The van der Waals surface area contributed by atoms with Gasteiger partial charge in [-0.05, 0) is 17.7 Å². The Morgan fingerprint density at radius 2 is 1.48 bits per heavy atom. The monoisotopic (exact) mass is 395 g/mol.